The summed E-state index contributed by atoms with van der Waals surface area (Å²) in [5.74, 6) is -0.435. The van der Waals surface area contributed by atoms with Crippen molar-refractivity contribution < 1.29 is 9.18 Å². The number of hydrogen-bond donors (Lipinski definition) is 2. The van der Waals surface area contributed by atoms with Crippen molar-refractivity contribution in [3.63, 3.8) is 0 Å². The van der Waals surface area contributed by atoms with E-state index in [4.69, 9.17) is 0 Å². The molecule has 0 bridgehead atoms. The Morgan fingerprint density at radius 3 is 2.72 bits per heavy atom. The minimum Gasteiger partial charge on any atom is -0.330 e. The lowest BCUT2D eigenvalue weighted by atomic mass is 10.2. The van der Waals surface area contributed by atoms with Gasteiger partial charge in [0.25, 0.3) is 0 Å². The number of nitrogens with one attached hydrogen (secondary N) is 2. The second-order valence-corrected chi connectivity index (χ2v) is 7.41. The normalized spacial score (nSPS) is 10.5. The predicted octanol–water partition coefficient (Wildman–Crippen LogP) is 4.46. The average Bonchev–Trinajstić information content (AvgIpc) is 3.03. The van der Waals surface area contributed by atoms with Crippen LogP contribution in [0.2, 0.25) is 0 Å². The van der Waals surface area contributed by atoms with Crippen LogP contribution in [0.3, 0.4) is 0 Å². The standard InChI is InChI=1S/C17H15FN4OS2/c1-11-5-7-13(8-6-11)20-16-21-22-17(25-16)24-10-15(23)19-14-4-2-3-12(18)9-14/h2-9H,10H2,1H3,(H,19,23)(H,20,21). The lowest BCUT2D eigenvalue weighted by molar-refractivity contribution is -0.113. The van der Waals surface area contributed by atoms with Crippen molar-refractivity contribution in [3.05, 3.63) is 59.9 Å². The Bertz CT molecular complexity index is 867. The second kappa shape index (κ2) is 8.09. The molecular formula is C17H15FN4OS2. The van der Waals surface area contributed by atoms with Crippen molar-refractivity contribution in [2.24, 2.45) is 0 Å². The van der Waals surface area contributed by atoms with Crippen LogP contribution in [0.4, 0.5) is 20.9 Å². The monoisotopic (exact) mass is 374 g/mol. The minimum absolute atomic E-state index is 0.176. The van der Waals surface area contributed by atoms with Gasteiger partial charge in [-0.15, -0.1) is 10.2 Å². The number of aryl methyl sites for hydroxylation is 1. The van der Waals surface area contributed by atoms with Crippen molar-refractivity contribution in [3.8, 4) is 0 Å². The molecule has 0 spiro atoms. The number of nitrogens with zero attached hydrogens (tertiary/aromatic N) is 2. The molecule has 1 amide bonds. The highest BCUT2D eigenvalue weighted by Crippen LogP contribution is 2.27. The van der Waals surface area contributed by atoms with E-state index in [0.29, 0.717) is 15.2 Å². The van der Waals surface area contributed by atoms with Crippen molar-refractivity contribution in [2.45, 2.75) is 11.3 Å². The van der Waals surface area contributed by atoms with E-state index in [0.717, 1.165) is 5.69 Å². The molecule has 0 fully saturated rings. The first-order chi connectivity index (χ1) is 12.1. The van der Waals surface area contributed by atoms with Gasteiger partial charge in [0.2, 0.25) is 11.0 Å². The number of anilines is 3. The SMILES string of the molecule is Cc1ccc(Nc2nnc(SCC(=O)Nc3cccc(F)c3)s2)cc1. The fourth-order valence-electron chi connectivity index (χ4n) is 1.97. The maximum Gasteiger partial charge on any atom is 0.234 e. The number of thioether (sulfide) groups is 1. The highest BCUT2D eigenvalue weighted by atomic mass is 32.2. The Kier molecular flexibility index (Phi) is 5.62. The largest absolute Gasteiger partial charge is 0.330 e. The van der Waals surface area contributed by atoms with E-state index in [-0.39, 0.29) is 17.5 Å². The summed E-state index contributed by atoms with van der Waals surface area (Å²) < 4.78 is 13.8. The van der Waals surface area contributed by atoms with E-state index >= 15 is 0 Å². The summed E-state index contributed by atoms with van der Waals surface area (Å²) in [6, 6.07) is 13.7. The molecule has 0 saturated heterocycles. The summed E-state index contributed by atoms with van der Waals surface area (Å²) in [6.07, 6.45) is 0. The quantitative estimate of drug-likeness (QED) is 0.624. The molecule has 2 N–H and O–H groups in total. The van der Waals surface area contributed by atoms with Gasteiger partial charge in [-0.25, -0.2) is 4.39 Å². The van der Waals surface area contributed by atoms with E-state index in [1.807, 2.05) is 31.2 Å². The van der Waals surface area contributed by atoms with E-state index in [9.17, 15) is 9.18 Å². The molecule has 0 aliphatic heterocycles. The number of aromatic nitrogens is 2. The zero-order valence-corrected chi connectivity index (χ0v) is 15.0. The van der Waals surface area contributed by atoms with Crippen LogP contribution in [-0.2, 0) is 4.79 Å². The lowest BCUT2D eigenvalue weighted by Crippen LogP contribution is -2.13. The molecule has 0 aliphatic carbocycles. The Morgan fingerprint density at radius 1 is 1.16 bits per heavy atom. The molecule has 0 saturated carbocycles. The van der Waals surface area contributed by atoms with Crippen LogP contribution < -0.4 is 10.6 Å². The maximum absolute atomic E-state index is 13.1. The minimum atomic E-state index is -0.388. The van der Waals surface area contributed by atoms with E-state index in [2.05, 4.69) is 20.8 Å². The lowest BCUT2D eigenvalue weighted by Gasteiger charge is -2.03. The number of carbonyl (C=O) groups is 1. The van der Waals surface area contributed by atoms with E-state index in [1.165, 1.54) is 40.8 Å². The van der Waals surface area contributed by atoms with Crippen molar-refractivity contribution >= 4 is 45.5 Å². The molecule has 3 rings (SSSR count). The summed E-state index contributed by atoms with van der Waals surface area (Å²) in [6.45, 7) is 2.03. The first kappa shape index (κ1) is 17.4. The molecule has 128 valence electrons. The van der Waals surface area contributed by atoms with Crippen LogP contribution in [0.25, 0.3) is 0 Å². The van der Waals surface area contributed by atoms with Crippen LogP contribution in [0.15, 0.2) is 52.9 Å². The molecule has 8 heteroatoms. The van der Waals surface area contributed by atoms with Crippen molar-refractivity contribution in [1.82, 2.24) is 10.2 Å². The van der Waals surface area contributed by atoms with Crippen LogP contribution in [-0.4, -0.2) is 21.9 Å². The van der Waals surface area contributed by atoms with Gasteiger partial charge in [-0.05, 0) is 37.3 Å². The Hall–Kier alpha value is -2.45. The van der Waals surface area contributed by atoms with Gasteiger partial charge >= 0.3 is 0 Å². The van der Waals surface area contributed by atoms with E-state index < -0.39 is 0 Å². The van der Waals surface area contributed by atoms with E-state index in [1.54, 1.807) is 12.1 Å². The predicted molar refractivity (Wildman–Crippen MR) is 100 cm³/mol. The van der Waals surface area contributed by atoms with Gasteiger partial charge in [-0.3, -0.25) is 4.79 Å². The summed E-state index contributed by atoms with van der Waals surface area (Å²) in [4.78, 5) is 11.9. The summed E-state index contributed by atoms with van der Waals surface area (Å²) in [5, 5.41) is 14.6. The third kappa shape index (κ3) is 5.27. The number of hydrogen-bond acceptors (Lipinski definition) is 6. The van der Waals surface area contributed by atoms with Gasteiger partial charge in [0.1, 0.15) is 5.82 Å². The molecule has 1 heterocycles. The van der Waals surface area contributed by atoms with Gasteiger partial charge in [0.15, 0.2) is 4.34 Å². The molecule has 5 nitrogen and oxygen atoms in total. The third-order valence-electron chi connectivity index (χ3n) is 3.14. The summed E-state index contributed by atoms with van der Waals surface area (Å²) in [7, 11) is 0. The second-order valence-electron chi connectivity index (χ2n) is 5.21. The number of benzene rings is 2. The molecule has 0 radical (unpaired) electrons. The zero-order chi connectivity index (χ0) is 17.6. The molecule has 3 aromatic rings. The first-order valence-electron chi connectivity index (χ1n) is 7.44. The first-order valence-corrected chi connectivity index (χ1v) is 9.24. The Balaban J connectivity index is 1.51. The average molecular weight is 374 g/mol. The number of halogens is 1. The fourth-order valence-corrected chi connectivity index (χ4v) is 3.54. The van der Waals surface area contributed by atoms with Gasteiger partial charge in [-0.2, -0.15) is 0 Å². The van der Waals surface area contributed by atoms with Crippen LogP contribution in [0.5, 0.6) is 0 Å². The molecule has 25 heavy (non-hydrogen) atoms. The third-order valence-corrected chi connectivity index (χ3v) is 5.12. The number of rotatable bonds is 6. The summed E-state index contributed by atoms with van der Waals surface area (Å²) >= 11 is 2.66. The Labute approximate surface area is 152 Å². The van der Waals surface area contributed by atoms with Crippen LogP contribution in [0.1, 0.15) is 5.56 Å². The smallest absolute Gasteiger partial charge is 0.234 e. The van der Waals surface area contributed by atoms with Gasteiger partial charge in [-0.1, -0.05) is 46.9 Å². The topological polar surface area (TPSA) is 66.9 Å². The van der Waals surface area contributed by atoms with Gasteiger partial charge in [0.05, 0.1) is 5.75 Å². The molecule has 0 aliphatic rings. The molecule has 1 aromatic heterocycles. The fraction of sp³-hybridized carbons (Fsp3) is 0.118. The molecule has 2 aromatic carbocycles. The summed E-state index contributed by atoms with van der Waals surface area (Å²) in [5.41, 5.74) is 2.55. The number of carbonyl (C=O) groups excluding carboxylic acids is 1. The van der Waals surface area contributed by atoms with Crippen LogP contribution >= 0.6 is 23.1 Å². The maximum atomic E-state index is 13.1. The number of amides is 1. The van der Waals surface area contributed by atoms with Gasteiger partial charge < -0.3 is 10.6 Å². The molecular weight excluding hydrogens is 359 g/mol. The molecule has 0 atom stereocenters. The van der Waals surface area contributed by atoms with Crippen LogP contribution in [0, 0.1) is 12.7 Å². The zero-order valence-electron chi connectivity index (χ0n) is 13.3. The highest BCUT2D eigenvalue weighted by Gasteiger charge is 2.09. The highest BCUT2D eigenvalue weighted by molar-refractivity contribution is 8.01. The molecule has 0 unspecified atom stereocenters. The Morgan fingerprint density at radius 2 is 1.96 bits per heavy atom. The van der Waals surface area contributed by atoms with Crippen molar-refractivity contribution in [1.29, 1.82) is 0 Å². The van der Waals surface area contributed by atoms with Gasteiger partial charge in [0, 0.05) is 11.4 Å². The van der Waals surface area contributed by atoms with Crippen molar-refractivity contribution in [2.75, 3.05) is 16.4 Å².